The van der Waals surface area contributed by atoms with Gasteiger partial charge in [-0.1, -0.05) is 36.4 Å². The summed E-state index contributed by atoms with van der Waals surface area (Å²) in [5, 5.41) is 2.81. The molecule has 126 valence electrons. The van der Waals surface area contributed by atoms with E-state index in [-0.39, 0.29) is 36.1 Å². The lowest BCUT2D eigenvalue weighted by atomic mass is 9.85. The fourth-order valence-corrected chi connectivity index (χ4v) is 3.45. The molecule has 0 unspecified atom stereocenters. The van der Waals surface area contributed by atoms with Crippen molar-refractivity contribution in [3.63, 3.8) is 0 Å². The van der Waals surface area contributed by atoms with Gasteiger partial charge in [0.25, 0.3) is 0 Å². The fourth-order valence-electron chi connectivity index (χ4n) is 3.45. The number of nitrogens with zero attached hydrogens (tertiary/aromatic N) is 1. The lowest BCUT2D eigenvalue weighted by molar-refractivity contribution is -0.143. The predicted molar refractivity (Wildman–Crippen MR) is 90.0 cm³/mol. The Morgan fingerprint density at radius 3 is 2.38 bits per heavy atom. The van der Waals surface area contributed by atoms with Crippen LogP contribution in [-0.4, -0.2) is 35.7 Å². The maximum atomic E-state index is 12.3. The number of imide groups is 1. The van der Waals surface area contributed by atoms with Gasteiger partial charge in [-0.25, -0.2) is 0 Å². The van der Waals surface area contributed by atoms with Gasteiger partial charge in [-0.15, -0.1) is 0 Å². The molecule has 2 atom stereocenters. The first-order chi connectivity index (χ1) is 11.6. The molecule has 1 aromatic rings. The van der Waals surface area contributed by atoms with Gasteiger partial charge >= 0.3 is 0 Å². The Balaban J connectivity index is 1.51. The average molecular weight is 326 g/mol. The SMILES string of the molecule is Cc1ccccc1CCNC(=O)CN1C(=O)[C@H]2CC=CC[C@@H]2C1=O. The van der Waals surface area contributed by atoms with Crippen molar-refractivity contribution >= 4 is 17.7 Å². The Hall–Kier alpha value is -2.43. The molecule has 3 rings (SSSR count). The van der Waals surface area contributed by atoms with Crippen molar-refractivity contribution in [3.8, 4) is 0 Å². The monoisotopic (exact) mass is 326 g/mol. The Bertz CT molecular complexity index is 670. The molecule has 1 saturated heterocycles. The number of hydrogen-bond acceptors (Lipinski definition) is 3. The van der Waals surface area contributed by atoms with Crippen LogP contribution in [0.4, 0.5) is 0 Å². The number of aryl methyl sites for hydroxylation is 1. The highest BCUT2D eigenvalue weighted by Crippen LogP contribution is 2.34. The van der Waals surface area contributed by atoms with E-state index in [1.165, 1.54) is 11.1 Å². The maximum absolute atomic E-state index is 12.3. The van der Waals surface area contributed by atoms with E-state index in [0.29, 0.717) is 19.4 Å². The second-order valence-corrected chi connectivity index (χ2v) is 6.44. The number of fused-ring (bicyclic) bond motifs is 1. The molecule has 5 heteroatoms. The van der Waals surface area contributed by atoms with Crippen LogP contribution >= 0.6 is 0 Å². The highest BCUT2D eigenvalue weighted by atomic mass is 16.2. The molecule has 1 N–H and O–H groups in total. The van der Waals surface area contributed by atoms with E-state index in [1.807, 2.05) is 43.3 Å². The fraction of sp³-hybridized carbons (Fsp3) is 0.421. The van der Waals surface area contributed by atoms with E-state index in [9.17, 15) is 14.4 Å². The van der Waals surface area contributed by atoms with Crippen molar-refractivity contribution in [2.75, 3.05) is 13.1 Å². The van der Waals surface area contributed by atoms with Gasteiger partial charge in [0.1, 0.15) is 6.54 Å². The summed E-state index contributed by atoms with van der Waals surface area (Å²) in [5.41, 5.74) is 2.37. The van der Waals surface area contributed by atoms with Gasteiger partial charge in [0.05, 0.1) is 11.8 Å². The van der Waals surface area contributed by atoms with E-state index < -0.39 is 0 Å². The van der Waals surface area contributed by atoms with Crippen molar-refractivity contribution in [2.24, 2.45) is 11.8 Å². The van der Waals surface area contributed by atoms with Crippen LogP contribution in [0.25, 0.3) is 0 Å². The van der Waals surface area contributed by atoms with Gasteiger partial charge in [-0.05, 0) is 37.3 Å². The lowest BCUT2D eigenvalue weighted by Crippen LogP contribution is -2.41. The van der Waals surface area contributed by atoms with Crippen LogP contribution in [-0.2, 0) is 20.8 Å². The molecule has 0 aromatic heterocycles. The summed E-state index contributed by atoms with van der Waals surface area (Å²) in [6.45, 7) is 2.36. The normalized spacial score (nSPS) is 22.6. The minimum Gasteiger partial charge on any atom is -0.354 e. The summed E-state index contributed by atoms with van der Waals surface area (Å²) in [7, 11) is 0. The number of allylic oxidation sites excluding steroid dienone is 2. The topological polar surface area (TPSA) is 66.5 Å². The minimum absolute atomic E-state index is 0.168. The zero-order valence-corrected chi connectivity index (χ0v) is 13.8. The van der Waals surface area contributed by atoms with Gasteiger partial charge in [0.15, 0.2) is 0 Å². The van der Waals surface area contributed by atoms with E-state index in [4.69, 9.17) is 0 Å². The molecule has 0 saturated carbocycles. The Morgan fingerprint density at radius 1 is 1.12 bits per heavy atom. The summed E-state index contributed by atoms with van der Waals surface area (Å²) in [6.07, 6.45) is 5.81. The second-order valence-electron chi connectivity index (χ2n) is 6.44. The molecule has 0 bridgehead atoms. The highest BCUT2D eigenvalue weighted by molar-refractivity contribution is 6.07. The van der Waals surface area contributed by atoms with Crippen molar-refractivity contribution in [1.29, 1.82) is 0 Å². The third kappa shape index (κ3) is 3.25. The van der Waals surface area contributed by atoms with Crippen LogP contribution in [0, 0.1) is 18.8 Å². The van der Waals surface area contributed by atoms with Crippen molar-refractivity contribution in [1.82, 2.24) is 10.2 Å². The van der Waals surface area contributed by atoms with Crippen LogP contribution in [0.15, 0.2) is 36.4 Å². The predicted octanol–water partition coefficient (Wildman–Crippen LogP) is 1.60. The molecule has 1 fully saturated rings. The largest absolute Gasteiger partial charge is 0.354 e. The quantitative estimate of drug-likeness (QED) is 0.660. The molecule has 5 nitrogen and oxygen atoms in total. The van der Waals surface area contributed by atoms with Crippen molar-refractivity contribution in [2.45, 2.75) is 26.2 Å². The van der Waals surface area contributed by atoms with Gasteiger partial charge in [-0.3, -0.25) is 19.3 Å². The molecule has 0 radical (unpaired) electrons. The standard InChI is InChI=1S/C19H22N2O3/c1-13-6-2-3-7-14(13)10-11-20-17(22)12-21-18(23)15-8-4-5-9-16(15)19(21)24/h2-7,15-16H,8-12H2,1H3,(H,20,22)/t15-,16-/m0/s1. The Kier molecular flexibility index (Phi) is 4.79. The zero-order chi connectivity index (χ0) is 17.1. The molecule has 24 heavy (non-hydrogen) atoms. The smallest absolute Gasteiger partial charge is 0.240 e. The number of hydrogen-bond donors (Lipinski definition) is 1. The number of benzene rings is 1. The number of carbonyl (C=O) groups excluding carboxylic acids is 3. The van der Waals surface area contributed by atoms with E-state index >= 15 is 0 Å². The molecule has 1 aliphatic heterocycles. The Morgan fingerprint density at radius 2 is 1.75 bits per heavy atom. The van der Waals surface area contributed by atoms with Gasteiger partial charge in [0, 0.05) is 6.54 Å². The van der Waals surface area contributed by atoms with Crippen LogP contribution in [0.2, 0.25) is 0 Å². The first-order valence-corrected chi connectivity index (χ1v) is 8.39. The summed E-state index contributed by atoms with van der Waals surface area (Å²) < 4.78 is 0. The lowest BCUT2D eigenvalue weighted by Gasteiger charge is -2.14. The third-order valence-electron chi connectivity index (χ3n) is 4.88. The Labute approximate surface area is 141 Å². The zero-order valence-electron chi connectivity index (χ0n) is 13.8. The van der Waals surface area contributed by atoms with Gasteiger partial charge in [0.2, 0.25) is 17.7 Å². The molecule has 1 aliphatic carbocycles. The number of likely N-dealkylation sites (tertiary alicyclic amines) is 1. The molecular formula is C19H22N2O3. The summed E-state index contributed by atoms with van der Waals surface area (Å²) in [4.78, 5) is 37.9. The maximum Gasteiger partial charge on any atom is 0.240 e. The van der Waals surface area contributed by atoms with Gasteiger partial charge in [-0.2, -0.15) is 0 Å². The van der Waals surface area contributed by atoms with E-state index in [2.05, 4.69) is 5.32 Å². The third-order valence-corrected chi connectivity index (χ3v) is 4.88. The molecular weight excluding hydrogens is 304 g/mol. The number of carbonyl (C=O) groups is 3. The first kappa shape index (κ1) is 16.4. The average Bonchev–Trinajstić information content (AvgIpc) is 2.82. The first-order valence-electron chi connectivity index (χ1n) is 8.39. The number of rotatable bonds is 5. The van der Waals surface area contributed by atoms with Crippen molar-refractivity contribution in [3.05, 3.63) is 47.5 Å². The van der Waals surface area contributed by atoms with E-state index in [1.54, 1.807) is 0 Å². The number of nitrogens with one attached hydrogen (secondary N) is 1. The molecule has 1 aromatic carbocycles. The summed E-state index contributed by atoms with van der Waals surface area (Å²) in [5.74, 6) is -1.24. The molecule has 1 heterocycles. The molecule has 0 spiro atoms. The minimum atomic E-state index is -0.281. The highest BCUT2D eigenvalue weighted by Gasteiger charge is 2.47. The van der Waals surface area contributed by atoms with Crippen LogP contribution in [0.5, 0.6) is 0 Å². The van der Waals surface area contributed by atoms with Crippen LogP contribution < -0.4 is 5.32 Å². The van der Waals surface area contributed by atoms with E-state index in [0.717, 1.165) is 11.3 Å². The van der Waals surface area contributed by atoms with Crippen LogP contribution in [0.3, 0.4) is 0 Å². The van der Waals surface area contributed by atoms with Crippen LogP contribution in [0.1, 0.15) is 24.0 Å². The second kappa shape index (κ2) is 6.99. The molecule has 3 amide bonds. The summed E-state index contributed by atoms with van der Waals surface area (Å²) >= 11 is 0. The van der Waals surface area contributed by atoms with Crippen molar-refractivity contribution < 1.29 is 14.4 Å². The van der Waals surface area contributed by atoms with Gasteiger partial charge < -0.3 is 5.32 Å². The summed E-state index contributed by atoms with van der Waals surface area (Å²) in [6, 6.07) is 8.03. The molecule has 2 aliphatic rings. The number of amides is 3.